The van der Waals surface area contributed by atoms with Crippen LogP contribution in [0, 0.1) is 12.8 Å². The Labute approximate surface area is 184 Å². The molecule has 0 aliphatic carbocycles. The monoisotopic (exact) mass is 551 g/mol. The van der Waals surface area contributed by atoms with Gasteiger partial charge in [0.2, 0.25) is 0 Å². The molecule has 0 radical (unpaired) electrons. The van der Waals surface area contributed by atoms with Gasteiger partial charge in [-0.25, -0.2) is 12.4 Å². The fourth-order valence-corrected chi connectivity index (χ4v) is 1.40. The molecule has 0 N–H and O–H groups in total. The van der Waals surface area contributed by atoms with Gasteiger partial charge in [-0.05, 0) is 0 Å². The topological polar surface area (TPSA) is 40.6 Å². The molecule has 4 heteroatoms. The van der Waals surface area contributed by atoms with Crippen LogP contribution in [0.25, 0.3) is 10.6 Å². The first-order chi connectivity index (χ1) is 12.6. The number of nitrogens with zero attached hydrogens (tertiary/aromatic N) is 3. The summed E-state index contributed by atoms with van der Waals surface area (Å²) in [6.45, 7) is 24.3. The average Bonchev–Trinajstić information content (AvgIpc) is 2.67. The molecule has 0 saturated heterocycles. The molecule has 0 aliphatic rings. The summed E-state index contributed by atoms with van der Waals surface area (Å²) in [5, 5.41) is 8.88. The minimum atomic E-state index is 0.0440. The van der Waals surface area contributed by atoms with Crippen LogP contribution in [0.5, 0.6) is 0 Å². The maximum absolute atomic E-state index is 4.44. The van der Waals surface area contributed by atoms with E-state index in [1.165, 1.54) is 38.9 Å². The van der Waals surface area contributed by atoms with Crippen LogP contribution in [0.1, 0.15) is 108 Å². The third kappa shape index (κ3) is 41.4. The summed E-state index contributed by atoms with van der Waals surface area (Å²) in [6.07, 6.45) is 13.6. The SMILES string of the molecule is CCC(C)(C)[N-]/C=C\[N-]C(C)(C)CC.CCC[N]=[W].C[CH-]CC.C[CH-]CC. The number of hydrogen-bond acceptors (Lipinski definition) is 1. The maximum atomic E-state index is 4.44. The van der Waals surface area contributed by atoms with Crippen LogP contribution in [-0.4, -0.2) is 17.6 Å². The van der Waals surface area contributed by atoms with E-state index in [9.17, 15) is 0 Å². The standard InChI is InChI=1S/C12H24N2.2C4H9.C3H7N.W/c1-7-11(3,4)13-9-10-14-12(5,6)8-2;2*1-3-4-2;1-2-3-4;/h9-10H,7-8H2,1-6H3;2*3H,4H2,1-2H3;2-3H2,1H3;/q-2;2*-1;;/b10-9-;;;;. The first-order valence-corrected chi connectivity index (χ1v) is 11.8. The molecule has 0 saturated carbocycles. The summed E-state index contributed by atoms with van der Waals surface area (Å²) in [5.41, 5.74) is 0.0881. The van der Waals surface area contributed by atoms with Crippen molar-refractivity contribution in [3.63, 3.8) is 0 Å². The van der Waals surface area contributed by atoms with Crippen LogP contribution in [0.4, 0.5) is 0 Å². The van der Waals surface area contributed by atoms with Crippen LogP contribution in [0.15, 0.2) is 15.9 Å². The van der Waals surface area contributed by atoms with Crippen molar-refractivity contribution in [2.24, 2.45) is 3.50 Å². The number of rotatable bonds is 10. The smallest absolute Gasteiger partial charge is 0.0925 e. The Hall–Kier alpha value is -0.172. The number of hydrogen-bond donors (Lipinski definition) is 0. The molecule has 0 atom stereocenters. The molecule has 0 fully saturated rings. The van der Waals surface area contributed by atoms with Gasteiger partial charge in [-0.1, -0.05) is 68.2 Å². The van der Waals surface area contributed by atoms with Gasteiger partial charge in [-0.15, -0.1) is 11.1 Å². The Morgan fingerprint density at radius 3 is 1.19 bits per heavy atom. The molecule has 0 aliphatic heterocycles. The minimum absolute atomic E-state index is 0.0440. The first kappa shape index (κ1) is 34.3. The first-order valence-electron chi connectivity index (χ1n) is 10.5. The molecule has 0 aromatic heterocycles. The molecule has 0 bridgehead atoms. The zero-order chi connectivity index (χ0) is 22.2. The van der Waals surface area contributed by atoms with Crippen molar-refractivity contribution < 1.29 is 19.6 Å². The fourth-order valence-electron chi connectivity index (χ4n) is 0.744. The van der Waals surface area contributed by atoms with E-state index in [0.29, 0.717) is 0 Å². The minimum Gasteiger partial charge on any atom is -0.332 e. The molecule has 0 amide bonds. The van der Waals surface area contributed by atoms with Crippen LogP contribution in [0.3, 0.4) is 0 Å². The van der Waals surface area contributed by atoms with E-state index in [2.05, 4.69) is 103 Å². The molecule has 0 heterocycles. The van der Waals surface area contributed by atoms with Gasteiger partial charge in [0, 0.05) is 0 Å². The van der Waals surface area contributed by atoms with Crippen LogP contribution in [0.2, 0.25) is 0 Å². The van der Waals surface area contributed by atoms with E-state index in [1.54, 1.807) is 0 Å². The Morgan fingerprint density at radius 1 is 0.778 bits per heavy atom. The average molecular weight is 552 g/mol. The third-order valence-electron chi connectivity index (χ3n) is 3.78. The molecule has 0 rings (SSSR count). The van der Waals surface area contributed by atoms with Crippen molar-refractivity contribution in [2.75, 3.05) is 6.54 Å². The quantitative estimate of drug-likeness (QED) is 0.243. The van der Waals surface area contributed by atoms with Crippen molar-refractivity contribution in [1.82, 2.24) is 0 Å². The molecule has 0 aromatic carbocycles. The van der Waals surface area contributed by atoms with E-state index < -0.39 is 0 Å². The molecule has 0 aromatic rings. The van der Waals surface area contributed by atoms with E-state index in [0.717, 1.165) is 19.4 Å². The summed E-state index contributed by atoms with van der Waals surface area (Å²) >= 11 is 1.35. The fraction of sp³-hybridized carbons (Fsp3) is 0.826. The van der Waals surface area contributed by atoms with Gasteiger partial charge >= 0.3 is 43.0 Å². The molecule has 166 valence electrons. The van der Waals surface area contributed by atoms with Crippen molar-refractivity contribution >= 4 is 0 Å². The summed E-state index contributed by atoms with van der Waals surface area (Å²) in [4.78, 5) is 0. The predicted molar refractivity (Wildman–Crippen MR) is 123 cm³/mol. The van der Waals surface area contributed by atoms with Crippen molar-refractivity contribution in [1.29, 1.82) is 0 Å². The van der Waals surface area contributed by atoms with Crippen molar-refractivity contribution in [3.05, 3.63) is 35.9 Å². The summed E-state index contributed by atoms with van der Waals surface area (Å²) < 4.78 is 3.94. The molecule has 27 heavy (non-hydrogen) atoms. The summed E-state index contributed by atoms with van der Waals surface area (Å²) in [5.74, 6) is 0. The van der Waals surface area contributed by atoms with Gasteiger partial charge in [0.05, 0.1) is 0 Å². The molecule has 3 nitrogen and oxygen atoms in total. The van der Waals surface area contributed by atoms with Crippen molar-refractivity contribution in [3.8, 4) is 0 Å². The number of unbranched alkanes of at least 4 members (excludes halogenated alkanes) is 2. The second-order valence-electron chi connectivity index (χ2n) is 7.37. The molecular formula is C23H49N3W-4. The third-order valence-corrected chi connectivity index (χ3v) is 4.43. The maximum Gasteiger partial charge on any atom is -0.0925 e. The Bertz CT molecular complexity index is 272. The van der Waals surface area contributed by atoms with Crippen LogP contribution in [-0.2, 0) is 19.6 Å². The largest absolute Gasteiger partial charge is 0.332 e. The second-order valence-corrected chi connectivity index (χ2v) is 8.30. The van der Waals surface area contributed by atoms with Gasteiger partial charge in [-0.2, -0.15) is 26.7 Å². The second kappa shape index (κ2) is 25.8. The van der Waals surface area contributed by atoms with Crippen LogP contribution < -0.4 is 0 Å². The van der Waals surface area contributed by atoms with Gasteiger partial charge in [0.15, 0.2) is 0 Å². The van der Waals surface area contributed by atoms with Crippen LogP contribution >= 0.6 is 0 Å². The Kier molecular flexibility index (Phi) is 32.9. The van der Waals surface area contributed by atoms with Crippen molar-refractivity contribution in [2.45, 2.75) is 119 Å². The van der Waals surface area contributed by atoms with Gasteiger partial charge in [0.25, 0.3) is 0 Å². The predicted octanol–water partition coefficient (Wildman–Crippen LogP) is 8.95. The van der Waals surface area contributed by atoms with E-state index in [1.807, 2.05) is 12.4 Å². The van der Waals surface area contributed by atoms with Gasteiger partial charge in [0.1, 0.15) is 0 Å². The Balaban J connectivity index is -0.000000166. The molecule has 0 spiro atoms. The van der Waals surface area contributed by atoms with E-state index in [-0.39, 0.29) is 11.1 Å². The normalized spacial score (nSPS) is 10.5. The summed E-state index contributed by atoms with van der Waals surface area (Å²) in [6, 6.07) is 0. The zero-order valence-electron chi connectivity index (χ0n) is 20.3. The molecular weight excluding hydrogens is 502 g/mol. The molecule has 0 unspecified atom stereocenters. The van der Waals surface area contributed by atoms with E-state index in [4.69, 9.17) is 0 Å². The Morgan fingerprint density at radius 2 is 1.07 bits per heavy atom. The zero-order valence-corrected chi connectivity index (χ0v) is 23.2. The summed E-state index contributed by atoms with van der Waals surface area (Å²) in [7, 11) is 0. The van der Waals surface area contributed by atoms with Gasteiger partial charge in [-0.3, -0.25) is 0 Å². The van der Waals surface area contributed by atoms with E-state index >= 15 is 0 Å². The van der Waals surface area contributed by atoms with Gasteiger partial charge < -0.3 is 23.5 Å².